The summed E-state index contributed by atoms with van der Waals surface area (Å²) in [7, 11) is 1.41. The van der Waals surface area contributed by atoms with Crippen LogP contribution in [0.4, 0.5) is 24.5 Å². The van der Waals surface area contributed by atoms with Crippen molar-refractivity contribution in [2.75, 3.05) is 30.9 Å². The van der Waals surface area contributed by atoms with E-state index in [0.29, 0.717) is 10.8 Å². The maximum atomic E-state index is 13.5. The zero-order valence-electron chi connectivity index (χ0n) is 17.4. The Balaban J connectivity index is 1.84. The molecule has 32 heavy (non-hydrogen) atoms. The third kappa shape index (κ3) is 5.45. The van der Waals surface area contributed by atoms with Gasteiger partial charge < -0.3 is 20.1 Å². The Kier molecular flexibility index (Phi) is 7.17. The number of methoxy groups -OCH3 is 1. The highest BCUT2D eigenvalue weighted by Crippen LogP contribution is 2.39. The minimum Gasteiger partial charge on any atom is -0.495 e. The van der Waals surface area contributed by atoms with Gasteiger partial charge in [-0.3, -0.25) is 14.3 Å². The number of rotatable bonds is 7. The van der Waals surface area contributed by atoms with Crippen LogP contribution in [0.1, 0.15) is 24.7 Å². The smallest absolute Gasteiger partial charge is 0.437 e. The number of esters is 1. The second kappa shape index (κ2) is 9.68. The summed E-state index contributed by atoms with van der Waals surface area (Å²) in [5.41, 5.74) is -0.799. The number of hydrogen-bond donors (Lipinski definition) is 2. The van der Waals surface area contributed by atoms with E-state index >= 15 is 0 Å². The third-order valence-corrected chi connectivity index (χ3v) is 5.10. The van der Waals surface area contributed by atoms with Crippen molar-refractivity contribution in [2.24, 2.45) is 5.92 Å². The summed E-state index contributed by atoms with van der Waals surface area (Å²) in [5.74, 6) is -1.00. The van der Waals surface area contributed by atoms with Crippen LogP contribution in [0.15, 0.2) is 18.2 Å². The van der Waals surface area contributed by atoms with E-state index in [9.17, 15) is 22.8 Å². The SMILES string of the molecule is CCOC(=O)CC1CNc2c(C(F)(F)F)nn(CC(=O)Nc3cc(Cl)ccc3OC)c2C1. The molecular weight excluding hydrogens is 453 g/mol. The van der Waals surface area contributed by atoms with Crippen molar-refractivity contribution in [1.29, 1.82) is 0 Å². The monoisotopic (exact) mass is 474 g/mol. The van der Waals surface area contributed by atoms with E-state index in [-0.39, 0.29) is 49.0 Å². The van der Waals surface area contributed by atoms with Crippen LogP contribution in [-0.4, -0.2) is 41.9 Å². The van der Waals surface area contributed by atoms with Crippen LogP contribution in [0, 0.1) is 5.92 Å². The molecule has 1 unspecified atom stereocenters. The Labute approximate surface area is 187 Å². The number of ether oxygens (including phenoxy) is 2. The number of aromatic nitrogens is 2. The van der Waals surface area contributed by atoms with Crippen molar-refractivity contribution in [3.63, 3.8) is 0 Å². The lowest BCUT2D eigenvalue weighted by Gasteiger charge is -2.24. The van der Waals surface area contributed by atoms with Gasteiger partial charge in [-0.15, -0.1) is 0 Å². The largest absolute Gasteiger partial charge is 0.495 e. The number of halogens is 4. The summed E-state index contributed by atoms with van der Waals surface area (Å²) >= 11 is 5.95. The van der Waals surface area contributed by atoms with E-state index in [4.69, 9.17) is 21.1 Å². The number of hydrogen-bond acceptors (Lipinski definition) is 6. The molecule has 174 valence electrons. The highest BCUT2D eigenvalue weighted by Gasteiger charge is 2.41. The van der Waals surface area contributed by atoms with Gasteiger partial charge >= 0.3 is 12.1 Å². The molecule has 2 aromatic rings. The lowest BCUT2D eigenvalue weighted by atomic mass is 9.94. The zero-order chi connectivity index (χ0) is 23.5. The Morgan fingerprint density at radius 1 is 1.38 bits per heavy atom. The topological polar surface area (TPSA) is 94.5 Å². The van der Waals surface area contributed by atoms with Crippen LogP contribution in [-0.2, 0) is 33.5 Å². The van der Waals surface area contributed by atoms with Crippen LogP contribution in [0.5, 0.6) is 5.75 Å². The fourth-order valence-corrected chi connectivity index (χ4v) is 3.69. The first kappa shape index (κ1) is 23.7. The van der Waals surface area contributed by atoms with Gasteiger partial charge in [0.1, 0.15) is 12.3 Å². The number of benzene rings is 1. The number of alkyl halides is 3. The lowest BCUT2D eigenvalue weighted by molar-refractivity contribution is -0.144. The van der Waals surface area contributed by atoms with Crippen LogP contribution in [0.3, 0.4) is 0 Å². The zero-order valence-corrected chi connectivity index (χ0v) is 18.1. The van der Waals surface area contributed by atoms with Crippen LogP contribution >= 0.6 is 11.6 Å². The molecule has 0 bridgehead atoms. The molecule has 0 radical (unpaired) electrons. The molecule has 3 rings (SSSR count). The maximum Gasteiger partial charge on any atom is 0.437 e. The molecule has 0 spiro atoms. The number of nitrogens with zero attached hydrogens (tertiary/aromatic N) is 2. The first-order valence-corrected chi connectivity index (χ1v) is 10.2. The summed E-state index contributed by atoms with van der Waals surface area (Å²) in [6.45, 7) is 1.58. The van der Waals surface area contributed by atoms with Gasteiger partial charge in [-0.1, -0.05) is 11.6 Å². The summed E-state index contributed by atoms with van der Waals surface area (Å²) in [6.07, 6.45) is -4.53. The summed E-state index contributed by atoms with van der Waals surface area (Å²) in [4.78, 5) is 24.4. The van der Waals surface area contributed by atoms with Crippen LogP contribution in [0.2, 0.25) is 5.02 Å². The summed E-state index contributed by atoms with van der Waals surface area (Å²) in [5, 5.41) is 9.30. The second-order valence-electron chi connectivity index (χ2n) is 7.18. The average Bonchev–Trinajstić information content (AvgIpc) is 3.06. The Morgan fingerprint density at radius 2 is 2.12 bits per heavy atom. The average molecular weight is 475 g/mol. The molecule has 1 aliphatic rings. The predicted molar refractivity (Wildman–Crippen MR) is 111 cm³/mol. The van der Waals surface area contributed by atoms with Gasteiger partial charge in [0.2, 0.25) is 5.91 Å². The minimum absolute atomic E-state index is 0.0404. The molecule has 0 saturated heterocycles. The quantitative estimate of drug-likeness (QED) is 0.594. The van der Waals surface area contributed by atoms with Crippen molar-refractivity contribution >= 4 is 34.9 Å². The van der Waals surface area contributed by atoms with Crippen molar-refractivity contribution < 1.29 is 32.2 Å². The van der Waals surface area contributed by atoms with Crippen molar-refractivity contribution in [3.05, 3.63) is 34.6 Å². The molecule has 0 saturated carbocycles. The van der Waals surface area contributed by atoms with Gasteiger partial charge in [-0.25, -0.2) is 0 Å². The molecule has 2 N–H and O–H groups in total. The standard InChI is InChI=1S/C20H22ClF3N4O4/c1-3-32-17(30)7-11-6-14-18(25-9-11)19(20(22,23)24)27-28(14)10-16(29)26-13-8-12(21)4-5-15(13)31-2/h4-5,8,11,25H,3,6-7,9-10H2,1-2H3,(H,26,29). The summed E-state index contributed by atoms with van der Waals surface area (Å²) < 4.78 is 51.6. The molecule has 2 heterocycles. The van der Waals surface area contributed by atoms with Crippen molar-refractivity contribution in [1.82, 2.24) is 9.78 Å². The first-order valence-electron chi connectivity index (χ1n) is 9.82. The molecule has 1 aromatic heterocycles. The normalized spacial score (nSPS) is 15.5. The summed E-state index contributed by atoms with van der Waals surface area (Å²) in [6, 6.07) is 4.60. The second-order valence-corrected chi connectivity index (χ2v) is 7.62. The van der Waals surface area contributed by atoms with Crippen molar-refractivity contribution in [2.45, 2.75) is 32.5 Å². The van der Waals surface area contributed by atoms with E-state index in [1.807, 2.05) is 0 Å². The van der Waals surface area contributed by atoms with Crippen LogP contribution in [0.25, 0.3) is 0 Å². The Hall–Kier alpha value is -2.95. The van der Waals surface area contributed by atoms with E-state index < -0.39 is 30.3 Å². The van der Waals surface area contributed by atoms with Gasteiger partial charge in [0.15, 0.2) is 5.69 Å². The fourth-order valence-electron chi connectivity index (χ4n) is 3.51. The molecule has 0 fully saturated rings. The molecule has 1 aromatic carbocycles. The molecule has 1 atom stereocenters. The fraction of sp³-hybridized carbons (Fsp3) is 0.450. The molecule has 0 aliphatic carbocycles. The van der Waals surface area contributed by atoms with E-state index in [0.717, 1.165) is 4.68 Å². The van der Waals surface area contributed by atoms with Gasteiger partial charge in [0, 0.05) is 11.6 Å². The van der Waals surface area contributed by atoms with E-state index in [2.05, 4.69) is 15.7 Å². The molecular formula is C20H22ClF3N4O4. The number of amides is 1. The van der Waals surface area contributed by atoms with Gasteiger partial charge in [0.05, 0.1) is 37.2 Å². The van der Waals surface area contributed by atoms with Crippen LogP contribution < -0.4 is 15.4 Å². The molecule has 8 nitrogen and oxygen atoms in total. The Morgan fingerprint density at radius 3 is 2.78 bits per heavy atom. The van der Waals surface area contributed by atoms with E-state index in [1.165, 1.54) is 13.2 Å². The molecule has 12 heteroatoms. The van der Waals surface area contributed by atoms with Crippen molar-refractivity contribution in [3.8, 4) is 5.75 Å². The highest BCUT2D eigenvalue weighted by molar-refractivity contribution is 6.31. The third-order valence-electron chi connectivity index (χ3n) is 4.87. The number of carbonyl (C=O) groups excluding carboxylic acids is 2. The lowest BCUT2D eigenvalue weighted by Crippen LogP contribution is -2.29. The van der Waals surface area contributed by atoms with Gasteiger partial charge in [-0.05, 0) is 37.5 Å². The minimum atomic E-state index is -4.71. The maximum absolute atomic E-state index is 13.5. The number of nitrogens with one attached hydrogen (secondary N) is 2. The van der Waals surface area contributed by atoms with E-state index in [1.54, 1.807) is 19.1 Å². The first-order chi connectivity index (χ1) is 15.1. The number of fused-ring (bicyclic) bond motifs is 1. The number of carbonyl (C=O) groups is 2. The predicted octanol–water partition coefficient (Wildman–Crippen LogP) is 3.74. The van der Waals surface area contributed by atoms with Gasteiger partial charge in [0.25, 0.3) is 0 Å². The number of anilines is 2. The van der Waals surface area contributed by atoms with Gasteiger partial charge in [-0.2, -0.15) is 18.3 Å². The Bertz CT molecular complexity index is 1010. The molecule has 1 amide bonds. The highest BCUT2D eigenvalue weighted by atomic mass is 35.5. The molecule has 1 aliphatic heterocycles.